The van der Waals surface area contributed by atoms with Crippen LogP contribution in [0, 0.1) is 0 Å². The minimum atomic E-state index is -0.526. The van der Waals surface area contributed by atoms with Crippen molar-refractivity contribution >= 4 is 28.3 Å². The zero-order valence-electron chi connectivity index (χ0n) is 10.7. The molecule has 2 aromatic rings. The summed E-state index contributed by atoms with van der Waals surface area (Å²) in [6, 6.07) is 1.62. The second kappa shape index (κ2) is 6.31. The summed E-state index contributed by atoms with van der Waals surface area (Å²) in [6.07, 6.45) is 2.67. The summed E-state index contributed by atoms with van der Waals surface area (Å²) in [4.78, 5) is 29.6. The Morgan fingerprint density at radius 1 is 1.45 bits per heavy atom. The van der Waals surface area contributed by atoms with Gasteiger partial charge in [-0.05, 0) is 19.0 Å². The molecule has 20 heavy (non-hydrogen) atoms. The van der Waals surface area contributed by atoms with Gasteiger partial charge in [0.2, 0.25) is 5.91 Å². The SMILES string of the molecule is NCCCC(=O)Nc1nc(-c2c[nH]c(C(N)=O)c2)cs1. The number of aromatic nitrogens is 2. The minimum Gasteiger partial charge on any atom is -0.364 e. The molecular formula is C12H15N5O2S. The number of aromatic amines is 1. The van der Waals surface area contributed by atoms with Crippen LogP contribution in [0.25, 0.3) is 11.3 Å². The lowest BCUT2D eigenvalue weighted by Crippen LogP contribution is -2.13. The van der Waals surface area contributed by atoms with E-state index in [1.165, 1.54) is 11.3 Å². The average molecular weight is 293 g/mol. The van der Waals surface area contributed by atoms with E-state index in [0.717, 1.165) is 5.56 Å². The molecule has 0 saturated carbocycles. The van der Waals surface area contributed by atoms with E-state index < -0.39 is 5.91 Å². The smallest absolute Gasteiger partial charge is 0.265 e. The predicted octanol–water partition coefficient (Wildman–Crippen LogP) is 0.914. The van der Waals surface area contributed by atoms with Crippen LogP contribution in [0.1, 0.15) is 23.3 Å². The van der Waals surface area contributed by atoms with Crippen molar-refractivity contribution in [3.8, 4) is 11.3 Å². The molecule has 0 aliphatic carbocycles. The van der Waals surface area contributed by atoms with Gasteiger partial charge in [0.15, 0.2) is 5.13 Å². The zero-order valence-corrected chi connectivity index (χ0v) is 11.5. The second-order valence-electron chi connectivity index (χ2n) is 4.14. The summed E-state index contributed by atoms with van der Waals surface area (Å²) < 4.78 is 0. The van der Waals surface area contributed by atoms with E-state index in [4.69, 9.17) is 11.5 Å². The molecule has 6 N–H and O–H groups in total. The van der Waals surface area contributed by atoms with E-state index in [-0.39, 0.29) is 5.91 Å². The molecule has 2 amide bonds. The Kier molecular flexibility index (Phi) is 4.49. The highest BCUT2D eigenvalue weighted by Crippen LogP contribution is 2.25. The molecule has 0 spiro atoms. The Balaban J connectivity index is 2.04. The van der Waals surface area contributed by atoms with Gasteiger partial charge in [-0.3, -0.25) is 9.59 Å². The van der Waals surface area contributed by atoms with Gasteiger partial charge in [0, 0.05) is 23.6 Å². The van der Waals surface area contributed by atoms with Crippen molar-refractivity contribution in [2.45, 2.75) is 12.8 Å². The lowest BCUT2D eigenvalue weighted by atomic mass is 10.2. The summed E-state index contributed by atoms with van der Waals surface area (Å²) in [7, 11) is 0. The molecule has 0 radical (unpaired) electrons. The van der Waals surface area contributed by atoms with E-state index in [1.807, 2.05) is 0 Å². The Morgan fingerprint density at radius 3 is 2.90 bits per heavy atom. The first-order chi connectivity index (χ1) is 9.60. The zero-order chi connectivity index (χ0) is 14.5. The van der Waals surface area contributed by atoms with Crippen molar-refractivity contribution in [2.75, 3.05) is 11.9 Å². The highest BCUT2D eigenvalue weighted by atomic mass is 32.1. The standard InChI is InChI=1S/C12H15N5O2S/c13-3-1-2-10(18)17-12-16-9(6-20-12)7-4-8(11(14)19)15-5-7/h4-6,15H,1-3,13H2,(H2,14,19)(H,16,17,18). The fourth-order valence-electron chi connectivity index (χ4n) is 1.59. The molecular weight excluding hydrogens is 278 g/mol. The number of primary amides is 1. The minimum absolute atomic E-state index is 0.108. The number of hydrogen-bond donors (Lipinski definition) is 4. The van der Waals surface area contributed by atoms with Crippen LogP contribution in [0.3, 0.4) is 0 Å². The second-order valence-corrected chi connectivity index (χ2v) is 5.00. The number of nitrogens with one attached hydrogen (secondary N) is 2. The Morgan fingerprint density at radius 2 is 2.25 bits per heavy atom. The number of nitrogens with two attached hydrogens (primary N) is 2. The van der Waals surface area contributed by atoms with Crippen LogP contribution in [0.4, 0.5) is 5.13 Å². The maximum Gasteiger partial charge on any atom is 0.265 e. The molecule has 106 valence electrons. The number of hydrogen-bond acceptors (Lipinski definition) is 5. The maximum atomic E-state index is 11.5. The van der Waals surface area contributed by atoms with Crippen molar-refractivity contribution in [1.29, 1.82) is 0 Å². The molecule has 2 rings (SSSR count). The lowest BCUT2D eigenvalue weighted by Gasteiger charge is -1.99. The molecule has 2 aromatic heterocycles. The quantitative estimate of drug-likeness (QED) is 0.631. The molecule has 0 aromatic carbocycles. The summed E-state index contributed by atoms with van der Waals surface area (Å²) in [6.45, 7) is 0.482. The number of rotatable bonds is 6. The van der Waals surface area contributed by atoms with Crippen LogP contribution < -0.4 is 16.8 Å². The highest BCUT2D eigenvalue weighted by Gasteiger charge is 2.10. The molecule has 0 fully saturated rings. The number of carbonyl (C=O) groups is 2. The number of anilines is 1. The van der Waals surface area contributed by atoms with Gasteiger partial charge in [-0.25, -0.2) is 4.98 Å². The summed E-state index contributed by atoms with van der Waals surface area (Å²) >= 11 is 1.32. The highest BCUT2D eigenvalue weighted by molar-refractivity contribution is 7.14. The molecule has 7 nitrogen and oxygen atoms in total. The van der Waals surface area contributed by atoms with Crippen molar-refractivity contribution < 1.29 is 9.59 Å². The monoisotopic (exact) mass is 293 g/mol. The van der Waals surface area contributed by atoms with E-state index in [1.54, 1.807) is 17.6 Å². The van der Waals surface area contributed by atoms with Gasteiger partial charge in [-0.1, -0.05) is 0 Å². The van der Waals surface area contributed by atoms with Crippen molar-refractivity contribution in [1.82, 2.24) is 9.97 Å². The summed E-state index contributed by atoms with van der Waals surface area (Å²) in [5.41, 5.74) is 12.3. The maximum absolute atomic E-state index is 11.5. The first-order valence-electron chi connectivity index (χ1n) is 6.04. The molecule has 0 aliphatic rings. The fraction of sp³-hybridized carbons (Fsp3) is 0.250. The Labute approximate surface area is 119 Å². The lowest BCUT2D eigenvalue weighted by molar-refractivity contribution is -0.116. The van der Waals surface area contributed by atoms with E-state index >= 15 is 0 Å². The third kappa shape index (κ3) is 3.43. The molecule has 0 bridgehead atoms. The van der Waals surface area contributed by atoms with Gasteiger partial charge in [-0.15, -0.1) is 11.3 Å². The summed E-state index contributed by atoms with van der Waals surface area (Å²) in [5.74, 6) is -0.634. The van der Waals surface area contributed by atoms with Crippen LogP contribution in [-0.4, -0.2) is 28.3 Å². The fourth-order valence-corrected chi connectivity index (χ4v) is 2.33. The van der Waals surface area contributed by atoms with Gasteiger partial charge in [-0.2, -0.15) is 0 Å². The number of nitrogens with zero attached hydrogens (tertiary/aromatic N) is 1. The number of thiazole rings is 1. The molecule has 8 heteroatoms. The Bertz CT molecular complexity index is 619. The van der Waals surface area contributed by atoms with Gasteiger partial charge in [0.1, 0.15) is 5.69 Å². The van der Waals surface area contributed by atoms with E-state index in [2.05, 4.69) is 15.3 Å². The van der Waals surface area contributed by atoms with Crippen molar-refractivity contribution in [3.63, 3.8) is 0 Å². The molecule has 0 saturated heterocycles. The number of H-pyrrole nitrogens is 1. The predicted molar refractivity (Wildman–Crippen MR) is 77.3 cm³/mol. The van der Waals surface area contributed by atoms with Crippen LogP contribution >= 0.6 is 11.3 Å². The molecule has 2 heterocycles. The van der Waals surface area contributed by atoms with Crippen molar-refractivity contribution in [2.24, 2.45) is 11.5 Å². The van der Waals surface area contributed by atoms with E-state index in [9.17, 15) is 9.59 Å². The topological polar surface area (TPSA) is 127 Å². The van der Waals surface area contributed by atoms with Crippen LogP contribution in [0.2, 0.25) is 0 Å². The normalized spacial score (nSPS) is 10.4. The average Bonchev–Trinajstić information content (AvgIpc) is 3.04. The number of carbonyl (C=O) groups excluding carboxylic acids is 2. The van der Waals surface area contributed by atoms with Crippen LogP contribution in [-0.2, 0) is 4.79 Å². The summed E-state index contributed by atoms with van der Waals surface area (Å²) in [5, 5.41) is 5.02. The van der Waals surface area contributed by atoms with Gasteiger partial charge in [0.25, 0.3) is 5.91 Å². The van der Waals surface area contributed by atoms with Gasteiger partial charge >= 0.3 is 0 Å². The Hall–Kier alpha value is -2.19. The van der Waals surface area contributed by atoms with Gasteiger partial charge in [0.05, 0.1) is 5.69 Å². The van der Waals surface area contributed by atoms with Gasteiger partial charge < -0.3 is 21.8 Å². The van der Waals surface area contributed by atoms with Crippen molar-refractivity contribution in [3.05, 3.63) is 23.3 Å². The largest absolute Gasteiger partial charge is 0.364 e. The third-order valence-corrected chi connectivity index (χ3v) is 3.36. The third-order valence-electron chi connectivity index (χ3n) is 2.60. The molecule has 0 aliphatic heterocycles. The van der Waals surface area contributed by atoms with Crippen LogP contribution in [0.15, 0.2) is 17.6 Å². The first kappa shape index (κ1) is 14.2. The number of amides is 2. The van der Waals surface area contributed by atoms with Crippen LogP contribution in [0.5, 0.6) is 0 Å². The first-order valence-corrected chi connectivity index (χ1v) is 6.92. The molecule has 0 unspecified atom stereocenters. The molecule has 0 atom stereocenters. The van der Waals surface area contributed by atoms with E-state index in [0.29, 0.717) is 35.9 Å².